The number of ether oxygens (including phenoxy) is 1. The van der Waals surface area contributed by atoms with Crippen molar-refractivity contribution in [3.05, 3.63) is 46.8 Å². The molecule has 0 radical (unpaired) electrons. The van der Waals surface area contributed by atoms with E-state index in [0.29, 0.717) is 29.0 Å². The number of nitrogens with zero attached hydrogens (tertiary/aromatic N) is 4. The number of aromatic amines is 1. The molecule has 2 unspecified atom stereocenters. The van der Waals surface area contributed by atoms with E-state index in [1.54, 1.807) is 17.2 Å². The second kappa shape index (κ2) is 7.82. The molecule has 4 rings (SSSR count). The van der Waals surface area contributed by atoms with Crippen LogP contribution in [0.15, 0.2) is 29.0 Å². The van der Waals surface area contributed by atoms with Gasteiger partial charge in [0.2, 0.25) is 17.6 Å². The van der Waals surface area contributed by atoms with E-state index in [2.05, 4.69) is 20.1 Å². The van der Waals surface area contributed by atoms with Crippen LogP contribution in [0.25, 0.3) is 11.5 Å². The summed E-state index contributed by atoms with van der Waals surface area (Å²) in [5, 5.41) is 4.54. The van der Waals surface area contributed by atoms with Gasteiger partial charge in [-0.25, -0.2) is 9.37 Å². The predicted octanol–water partition coefficient (Wildman–Crippen LogP) is 3.67. The van der Waals surface area contributed by atoms with Gasteiger partial charge in [0.25, 0.3) is 5.91 Å². The number of carbonyl (C=O) groups excluding carboxylic acids is 1. The van der Waals surface area contributed by atoms with Gasteiger partial charge in [-0.2, -0.15) is 4.98 Å². The summed E-state index contributed by atoms with van der Waals surface area (Å²) in [6.07, 6.45) is 4.13. The molecule has 8 nitrogen and oxygen atoms in total. The zero-order valence-electron chi connectivity index (χ0n) is 15.9. The van der Waals surface area contributed by atoms with E-state index in [1.807, 2.05) is 6.92 Å². The number of carbonyl (C=O) groups is 1. The summed E-state index contributed by atoms with van der Waals surface area (Å²) >= 11 is 5.92. The maximum Gasteiger partial charge on any atom is 0.257 e. The number of piperidine rings is 1. The fourth-order valence-electron chi connectivity index (χ4n) is 3.45. The average molecular weight is 420 g/mol. The van der Waals surface area contributed by atoms with Crippen LogP contribution >= 0.6 is 11.6 Å². The number of hydrogen-bond donors (Lipinski definition) is 1. The lowest BCUT2D eigenvalue weighted by atomic mass is 9.92. The largest absolute Gasteiger partial charge is 0.481 e. The van der Waals surface area contributed by atoms with Crippen LogP contribution in [-0.4, -0.2) is 50.6 Å². The van der Waals surface area contributed by atoms with Gasteiger partial charge in [0.15, 0.2) is 5.82 Å². The minimum atomic E-state index is -0.686. The van der Waals surface area contributed by atoms with Crippen LogP contribution < -0.4 is 4.74 Å². The van der Waals surface area contributed by atoms with Crippen molar-refractivity contribution in [2.45, 2.75) is 31.7 Å². The van der Waals surface area contributed by atoms with Crippen molar-refractivity contribution in [1.29, 1.82) is 0 Å². The molecular formula is C19H19ClFN5O3. The summed E-state index contributed by atoms with van der Waals surface area (Å²) in [6.45, 7) is 2.28. The molecule has 1 aliphatic heterocycles. The van der Waals surface area contributed by atoms with Crippen LogP contribution in [-0.2, 0) is 0 Å². The Balaban J connectivity index is 1.56. The van der Waals surface area contributed by atoms with Gasteiger partial charge in [-0.1, -0.05) is 16.8 Å². The molecule has 0 saturated carbocycles. The molecule has 2 atom stereocenters. The molecule has 10 heteroatoms. The standard InChI is InChI=1S/C19H19ClFN5O3/c1-10-3-4-11(18-24-17(25-29-18)15-5-12(20)7-22-15)9-26(10)19(27)13-6-16(28-2)23-8-14(13)21/h5-8,10-11,22H,3-4,9H2,1-2H3. The molecule has 3 aromatic heterocycles. The summed E-state index contributed by atoms with van der Waals surface area (Å²) in [5.41, 5.74) is 0.574. The minimum absolute atomic E-state index is 0.0538. The highest BCUT2D eigenvalue weighted by molar-refractivity contribution is 6.30. The van der Waals surface area contributed by atoms with Gasteiger partial charge < -0.3 is 19.1 Å². The highest BCUT2D eigenvalue weighted by Crippen LogP contribution is 2.32. The maximum atomic E-state index is 14.2. The molecular weight excluding hydrogens is 401 g/mol. The zero-order chi connectivity index (χ0) is 20.5. The van der Waals surface area contributed by atoms with E-state index in [-0.39, 0.29) is 23.4 Å². The number of hydrogen-bond acceptors (Lipinski definition) is 6. The molecule has 0 aromatic carbocycles. The van der Waals surface area contributed by atoms with Gasteiger partial charge in [-0.05, 0) is 25.8 Å². The lowest BCUT2D eigenvalue weighted by molar-refractivity contribution is 0.0588. The molecule has 0 bridgehead atoms. The SMILES string of the molecule is COc1cc(C(=O)N2CC(c3nc(-c4cc(Cl)c[nH]4)no3)CCC2C)c(F)cn1. The van der Waals surface area contributed by atoms with Gasteiger partial charge in [-0.3, -0.25) is 4.79 Å². The Morgan fingerprint density at radius 1 is 1.41 bits per heavy atom. The zero-order valence-corrected chi connectivity index (χ0v) is 16.6. The number of likely N-dealkylation sites (tertiary alicyclic amines) is 1. The Kier molecular flexibility index (Phi) is 5.23. The number of aromatic nitrogens is 4. The van der Waals surface area contributed by atoms with Crippen molar-refractivity contribution < 1.29 is 18.4 Å². The molecule has 0 aliphatic carbocycles. The monoisotopic (exact) mass is 419 g/mol. The van der Waals surface area contributed by atoms with Crippen LogP contribution in [0.4, 0.5) is 4.39 Å². The van der Waals surface area contributed by atoms with Gasteiger partial charge in [0, 0.05) is 24.8 Å². The van der Waals surface area contributed by atoms with E-state index >= 15 is 0 Å². The van der Waals surface area contributed by atoms with Crippen LogP contribution in [0, 0.1) is 5.82 Å². The fraction of sp³-hybridized carbons (Fsp3) is 0.368. The first-order chi connectivity index (χ1) is 14.0. The molecule has 1 N–H and O–H groups in total. The summed E-state index contributed by atoms with van der Waals surface area (Å²) in [6, 6.07) is 2.96. The van der Waals surface area contributed by atoms with E-state index in [0.717, 1.165) is 19.0 Å². The van der Waals surface area contributed by atoms with Crippen molar-refractivity contribution in [3.8, 4) is 17.4 Å². The Labute approximate surface area is 171 Å². The lowest BCUT2D eigenvalue weighted by Crippen LogP contribution is -2.45. The molecule has 0 spiro atoms. The van der Waals surface area contributed by atoms with Crippen LogP contribution in [0.2, 0.25) is 5.02 Å². The third-order valence-corrected chi connectivity index (χ3v) is 5.31. The number of amides is 1. The Morgan fingerprint density at radius 3 is 2.97 bits per heavy atom. The van der Waals surface area contributed by atoms with Crippen molar-refractivity contribution >= 4 is 17.5 Å². The first kappa shape index (κ1) is 19.4. The molecule has 4 heterocycles. The van der Waals surface area contributed by atoms with E-state index in [1.165, 1.54) is 13.2 Å². The van der Waals surface area contributed by atoms with Crippen molar-refractivity contribution in [2.24, 2.45) is 0 Å². The number of methoxy groups -OCH3 is 1. The molecule has 3 aromatic rings. The van der Waals surface area contributed by atoms with E-state index < -0.39 is 11.7 Å². The van der Waals surface area contributed by atoms with Crippen molar-refractivity contribution in [2.75, 3.05) is 13.7 Å². The Bertz CT molecular complexity index is 1040. The second-order valence-corrected chi connectivity index (χ2v) is 7.41. The highest BCUT2D eigenvalue weighted by Gasteiger charge is 2.34. The molecule has 152 valence electrons. The quantitative estimate of drug-likeness (QED) is 0.693. The summed E-state index contributed by atoms with van der Waals surface area (Å²) in [7, 11) is 1.42. The second-order valence-electron chi connectivity index (χ2n) is 6.98. The smallest absolute Gasteiger partial charge is 0.257 e. The lowest BCUT2D eigenvalue weighted by Gasteiger charge is -2.36. The van der Waals surface area contributed by atoms with Gasteiger partial charge in [0.05, 0.1) is 35.5 Å². The topological polar surface area (TPSA) is 97.1 Å². The molecule has 1 aliphatic rings. The number of nitrogens with one attached hydrogen (secondary N) is 1. The van der Waals surface area contributed by atoms with Gasteiger partial charge >= 0.3 is 0 Å². The summed E-state index contributed by atoms with van der Waals surface area (Å²) < 4.78 is 24.7. The number of H-pyrrole nitrogens is 1. The third kappa shape index (κ3) is 3.82. The first-order valence-corrected chi connectivity index (χ1v) is 9.52. The molecule has 29 heavy (non-hydrogen) atoms. The maximum absolute atomic E-state index is 14.2. The summed E-state index contributed by atoms with van der Waals surface area (Å²) in [5.74, 6) is -0.239. The average Bonchev–Trinajstić information content (AvgIpc) is 3.37. The van der Waals surface area contributed by atoms with Crippen molar-refractivity contribution in [1.82, 2.24) is 25.0 Å². The molecule has 1 fully saturated rings. The fourth-order valence-corrected chi connectivity index (χ4v) is 3.61. The molecule has 1 saturated heterocycles. The normalized spacial score (nSPS) is 19.4. The number of rotatable bonds is 4. The Morgan fingerprint density at radius 2 is 2.24 bits per heavy atom. The Hall–Kier alpha value is -2.94. The predicted molar refractivity (Wildman–Crippen MR) is 102 cm³/mol. The van der Waals surface area contributed by atoms with Gasteiger partial charge in [0.1, 0.15) is 0 Å². The minimum Gasteiger partial charge on any atom is -0.481 e. The first-order valence-electron chi connectivity index (χ1n) is 9.14. The third-order valence-electron chi connectivity index (χ3n) is 5.09. The van der Waals surface area contributed by atoms with E-state index in [9.17, 15) is 9.18 Å². The van der Waals surface area contributed by atoms with E-state index in [4.69, 9.17) is 20.9 Å². The summed E-state index contributed by atoms with van der Waals surface area (Å²) in [4.78, 5) is 25.8. The number of pyridine rings is 1. The molecule has 1 amide bonds. The van der Waals surface area contributed by atoms with Crippen LogP contribution in [0.1, 0.15) is 41.9 Å². The number of halogens is 2. The van der Waals surface area contributed by atoms with Crippen molar-refractivity contribution in [3.63, 3.8) is 0 Å². The van der Waals surface area contributed by atoms with Gasteiger partial charge in [-0.15, -0.1) is 0 Å². The van der Waals surface area contributed by atoms with Crippen LogP contribution in [0.5, 0.6) is 5.88 Å². The highest BCUT2D eigenvalue weighted by atomic mass is 35.5. The van der Waals surface area contributed by atoms with Crippen LogP contribution in [0.3, 0.4) is 0 Å².